The highest BCUT2D eigenvalue weighted by atomic mass is 35.5. The number of likely N-dealkylation sites (tertiary alicyclic amines) is 1. The van der Waals surface area contributed by atoms with Gasteiger partial charge in [0, 0.05) is 23.6 Å². The number of carbonyl (C=O) groups excluding carboxylic acids is 1. The van der Waals surface area contributed by atoms with Gasteiger partial charge in [0.05, 0.1) is 12.6 Å². The Hall–Kier alpha value is -2.37. The lowest BCUT2D eigenvalue weighted by atomic mass is 10.0. The van der Waals surface area contributed by atoms with Gasteiger partial charge in [0.1, 0.15) is 5.52 Å². The molecule has 0 bridgehead atoms. The Morgan fingerprint density at radius 3 is 2.96 bits per heavy atom. The van der Waals surface area contributed by atoms with Crippen LogP contribution in [0.15, 0.2) is 46.9 Å². The first-order valence-corrected chi connectivity index (χ1v) is 9.57. The van der Waals surface area contributed by atoms with E-state index in [1.807, 2.05) is 30.3 Å². The first kappa shape index (κ1) is 18.0. The standard InChI is InChI=1S/C21H21ClN2O3/c22-16-5-3-4-14(10-16)11-20-23-18-8-7-15(12-19(18)27-20)21(26)24-9-2-1-6-17(24)13-25/h3-5,7-8,10,12,17,25H,1-2,6,9,11,13H2. The summed E-state index contributed by atoms with van der Waals surface area (Å²) in [7, 11) is 0. The Morgan fingerprint density at radius 1 is 1.26 bits per heavy atom. The SMILES string of the molecule is O=C(c1ccc2nc(Cc3cccc(Cl)c3)oc2c1)N1CCCCC1CO. The number of fused-ring (bicyclic) bond motifs is 1. The second-order valence-electron chi connectivity index (χ2n) is 6.93. The first-order chi connectivity index (χ1) is 13.1. The monoisotopic (exact) mass is 384 g/mol. The van der Waals surface area contributed by atoms with Crippen LogP contribution in [0.4, 0.5) is 0 Å². The fourth-order valence-corrected chi connectivity index (χ4v) is 3.84. The van der Waals surface area contributed by atoms with Crippen LogP contribution in [0.25, 0.3) is 11.1 Å². The molecule has 1 aliphatic heterocycles. The van der Waals surface area contributed by atoms with Gasteiger partial charge in [-0.1, -0.05) is 23.7 Å². The molecular formula is C21H21ClN2O3. The van der Waals surface area contributed by atoms with E-state index >= 15 is 0 Å². The highest BCUT2D eigenvalue weighted by Gasteiger charge is 2.27. The molecule has 1 saturated heterocycles. The minimum atomic E-state index is -0.102. The highest BCUT2D eigenvalue weighted by Crippen LogP contribution is 2.24. The fourth-order valence-electron chi connectivity index (χ4n) is 3.63. The minimum absolute atomic E-state index is 0.0000746. The van der Waals surface area contributed by atoms with Gasteiger partial charge in [0.25, 0.3) is 5.91 Å². The van der Waals surface area contributed by atoms with Crippen molar-refractivity contribution in [3.05, 3.63) is 64.5 Å². The zero-order valence-electron chi connectivity index (χ0n) is 14.9. The van der Waals surface area contributed by atoms with Crippen LogP contribution in [-0.2, 0) is 6.42 Å². The number of carbonyl (C=O) groups is 1. The van der Waals surface area contributed by atoms with E-state index in [2.05, 4.69) is 4.98 Å². The Balaban J connectivity index is 1.58. The van der Waals surface area contributed by atoms with Crippen LogP contribution in [-0.4, -0.2) is 40.1 Å². The average molecular weight is 385 g/mol. The molecule has 1 aromatic heterocycles. The molecule has 5 nitrogen and oxygen atoms in total. The lowest BCUT2D eigenvalue weighted by Crippen LogP contribution is -2.45. The summed E-state index contributed by atoms with van der Waals surface area (Å²) in [5.41, 5.74) is 2.90. The summed E-state index contributed by atoms with van der Waals surface area (Å²) < 4.78 is 5.87. The molecule has 2 aromatic carbocycles. The minimum Gasteiger partial charge on any atom is -0.440 e. The Bertz CT molecular complexity index is 969. The van der Waals surface area contributed by atoms with Gasteiger partial charge in [-0.05, 0) is 55.2 Å². The number of hydrogen-bond acceptors (Lipinski definition) is 4. The highest BCUT2D eigenvalue weighted by molar-refractivity contribution is 6.30. The molecular weight excluding hydrogens is 364 g/mol. The third kappa shape index (κ3) is 3.84. The molecule has 2 heterocycles. The molecule has 1 fully saturated rings. The molecule has 6 heteroatoms. The number of hydrogen-bond donors (Lipinski definition) is 1. The maximum absolute atomic E-state index is 12.9. The molecule has 0 radical (unpaired) electrons. The van der Waals surface area contributed by atoms with Gasteiger partial charge in [-0.2, -0.15) is 0 Å². The summed E-state index contributed by atoms with van der Waals surface area (Å²) in [6.07, 6.45) is 3.40. The van der Waals surface area contributed by atoms with Crippen LogP contribution in [0, 0.1) is 0 Å². The smallest absolute Gasteiger partial charge is 0.254 e. The van der Waals surface area contributed by atoms with Crippen LogP contribution in [0.1, 0.15) is 41.1 Å². The number of oxazole rings is 1. The molecule has 0 aliphatic carbocycles. The van der Waals surface area contributed by atoms with Crippen LogP contribution in [0.5, 0.6) is 0 Å². The predicted octanol–water partition coefficient (Wildman–Crippen LogP) is 4.06. The van der Waals surface area contributed by atoms with Crippen molar-refractivity contribution in [1.82, 2.24) is 9.88 Å². The largest absolute Gasteiger partial charge is 0.440 e. The van der Waals surface area contributed by atoms with Crippen molar-refractivity contribution in [2.75, 3.05) is 13.2 Å². The normalized spacial score (nSPS) is 17.4. The quantitative estimate of drug-likeness (QED) is 0.736. The van der Waals surface area contributed by atoms with Crippen LogP contribution >= 0.6 is 11.6 Å². The molecule has 1 amide bonds. The third-order valence-electron chi connectivity index (χ3n) is 5.02. The molecule has 0 spiro atoms. The number of amides is 1. The lowest BCUT2D eigenvalue weighted by Gasteiger charge is -2.34. The number of aliphatic hydroxyl groups is 1. The van der Waals surface area contributed by atoms with E-state index in [0.717, 1.165) is 30.3 Å². The van der Waals surface area contributed by atoms with Crippen molar-refractivity contribution < 1.29 is 14.3 Å². The maximum atomic E-state index is 12.9. The van der Waals surface area contributed by atoms with E-state index < -0.39 is 0 Å². The third-order valence-corrected chi connectivity index (χ3v) is 5.26. The van der Waals surface area contributed by atoms with Crippen LogP contribution < -0.4 is 0 Å². The van der Waals surface area contributed by atoms with E-state index in [9.17, 15) is 9.90 Å². The van der Waals surface area contributed by atoms with Gasteiger partial charge >= 0.3 is 0 Å². The molecule has 1 atom stereocenters. The van der Waals surface area contributed by atoms with Crippen molar-refractivity contribution in [2.45, 2.75) is 31.7 Å². The van der Waals surface area contributed by atoms with E-state index in [1.165, 1.54) is 0 Å². The van der Waals surface area contributed by atoms with Crippen molar-refractivity contribution in [1.29, 1.82) is 0 Å². The van der Waals surface area contributed by atoms with Gasteiger partial charge in [-0.3, -0.25) is 4.79 Å². The zero-order chi connectivity index (χ0) is 18.8. The van der Waals surface area contributed by atoms with E-state index in [4.69, 9.17) is 16.0 Å². The second kappa shape index (κ2) is 7.71. The summed E-state index contributed by atoms with van der Waals surface area (Å²) in [5.74, 6) is 0.520. The van der Waals surface area contributed by atoms with E-state index in [-0.39, 0.29) is 18.6 Å². The topological polar surface area (TPSA) is 66.6 Å². The Morgan fingerprint density at radius 2 is 2.15 bits per heavy atom. The summed E-state index contributed by atoms with van der Waals surface area (Å²) in [4.78, 5) is 19.2. The number of aromatic nitrogens is 1. The molecule has 140 valence electrons. The van der Waals surface area contributed by atoms with Crippen molar-refractivity contribution in [2.24, 2.45) is 0 Å². The van der Waals surface area contributed by atoms with Crippen LogP contribution in [0.3, 0.4) is 0 Å². The zero-order valence-corrected chi connectivity index (χ0v) is 15.7. The van der Waals surface area contributed by atoms with Gasteiger partial charge in [0.2, 0.25) is 0 Å². The number of rotatable bonds is 4. The first-order valence-electron chi connectivity index (χ1n) is 9.20. The molecule has 1 unspecified atom stereocenters. The van der Waals surface area contributed by atoms with Crippen molar-refractivity contribution in [3.8, 4) is 0 Å². The molecule has 1 aliphatic rings. The second-order valence-corrected chi connectivity index (χ2v) is 7.36. The summed E-state index contributed by atoms with van der Waals surface area (Å²) in [5, 5.41) is 10.2. The number of aliphatic hydroxyl groups excluding tert-OH is 1. The number of benzene rings is 2. The fraction of sp³-hybridized carbons (Fsp3) is 0.333. The van der Waals surface area contributed by atoms with Crippen molar-refractivity contribution >= 4 is 28.6 Å². The number of nitrogens with zero attached hydrogens (tertiary/aromatic N) is 2. The van der Waals surface area contributed by atoms with Crippen LogP contribution in [0.2, 0.25) is 5.02 Å². The molecule has 4 rings (SSSR count). The summed E-state index contributed by atoms with van der Waals surface area (Å²) in [6, 6.07) is 12.8. The van der Waals surface area contributed by atoms with Gasteiger partial charge < -0.3 is 14.4 Å². The Labute approximate surface area is 162 Å². The maximum Gasteiger partial charge on any atom is 0.254 e. The van der Waals surface area contributed by atoms with Gasteiger partial charge in [-0.15, -0.1) is 0 Å². The molecule has 3 aromatic rings. The number of halogens is 1. The number of piperidine rings is 1. The Kier molecular flexibility index (Phi) is 5.14. The molecule has 1 N–H and O–H groups in total. The summed E-state index contributed by atoms with van der Waals surface area (Å²) >= 11 is 6.03. The van der Waals surface area contributed by atoms with Gasteiger partial charge in [0.15, 0.2) is 11.5 Å². The predicted molar refractivity (Wildman–Crippen MR) is 104 cm³/mol. The van der Waals surface area contributed by atoms with E-state index in [1.54, 1.807) is 17.0 Å². The van der Waals surface area contributed by atoms with E-state index in [0.29, 0.717) is 35.0 Å². The van der Waals surface area contributed by atoms with Gasteiger partial charge in [-0.25, -0.2) is 4.98 Å². The van der Waals surface area contributed by atoms with Crippen molar-refractivity contribution in [3.63, 3.8) is 0 Å². The molecule has 27 heavy (non-hydrogen) atoms. The lowest BCUT2D eigenvalue weighted by molar-refractivity contribution is 0.0503. The average Bonchev–Trinajstić information content (AvgIpc) is 3.08. The summed E-state index contributed by atoms with van der Waals surface area (Å²) in [6.45, 7) is 0.679. The molecule has 0 saturated carbocycles.